The molecule has 0 unspecified atom stereocenters. The highest BCUT2D eigenvalue weighted by Crippen LogP contribution is 2.36. The van der Waals surface area contributed by atoms with Gasteiger partial charge in [0.15, 0.2) is 0 Å². The second-order valence-corrected chi connectivity index (χ2v) is 8.98. The van der Waals surface area contributed by atoms with Crippen LogP contribution in [0.2, 0.25) is 5.02 Å². The van der Waals surface area contributed by atoms with Gasteiger partial charge in [-0.3, -0.25) is 4.79 Å². The summed E-state index contributed by atoms with van der Waals surface area (Å²) < 4.78 is 30.7. The molecule has 8 nitrogen and oxygen atoms in total. The standard InChI is InChI=1S/C28H24ClFN4O4/c1-2-27(35)34-24-12-21-23(13-26(24)38-20-8-9-36-15-20)31-16-32-28(21)33-19-6-7-25(22(29)11-19)37-14-17-4-3-5-18(30)10-17/h2-7,10-13,16,20H,1,8-9,14-15H2,(H,34,35)(H,31,32,33)/t20-/m0/s1. The van der Waals surface area contributed by atoms with E-state index in [1.165, 1.54) is 24.5 Å². The third-order valence-corrected chi connectivity index (χ3v) is 6.13. The summed E-state index contributed by atoms with van der Waals surface area (Å²) in [5, 5.41) is 7.08. The van der Waals surface area contributed by atoms with Crippen molar-refractivity contribution < 1.29 is 23.4 Å². The van der Waals surface area contributed by atoms with Gasteiger partial charge in [-0.2, -0.15) is 0 Å². The Bertz CT molecular complexity index is 1490. The van der Waals surface area contributed by atoms with Crippen molar-refractivity contribution in [3.05, 3.63) is 90.0 Å². The zero-order chi connectivity index (χ0) is 26.5. The molecule has 4 aromatic rings. The van der Waals surface area contributed by atoms with Crippen LogP contribution in [0.15, 0.2) is 73.6 Å². The maximum absolute atomic E-state index is 13.4. The quantitative estimate of drug-likeness (QED) is 0.253. The van der Waals surface area contributed by atoms with Crippen LogP contribution in [0.5, 0.6) is 11.5 Å². The minimum atomic E-state index is -0.371. The number of amides is 1. The minimum absolute atomic E-state index is 0.116. The smallest absolute Gasteiger partial charge is 0.247 e. The Balaban J connectivity index is 1.39. The maximum Gasteiger partial charge on any atom is 0.247 e. The number of rotatable bonds is 9. The Morgan fingerprint density at radius 3 is 2.84 bits per heavy atom. The first-order chi connectivity index (χ1) is 18.5. The number of nitrogens with one attached hydrogen (secondary N) is 2. The van der Waals surface area contributed by atoms with Gasteiger partial charge < -0.3 is 24.8 Å². The third kappa shape index (κ3) is 6.01. The largest absolute Gasteiger partial charge is 0.487 e. The predicted octanol–water partition coefficient (Wildman–Crippen LogP) is 6.04. The fourth-order valence-corrected chi connectivity index (χ4v) is 4.20. The van der Waals surface area contributed by atoms with Crippen LogP contribution in [-0.2, 0) is 16.1 Å². The first-order valence-electron chi connectivity index (χ1n) is 11.9. The van der Waals surface area contributed by atoms with Gasteiger partial charge in [-0.05, 0) is 48.0 Å². The van der Waals surface area contributed by atoms with Gasteiger partial charge in [0, 0.05) is 23.6 Å². The van der Waals surface area contributed by atoms with Crippen LogP contribution in [0.25, 0.3) is 10.9 Å². The number of aromatic nitrogens is 2. The number of hydrogen-bond acceptors (Lipinski definition) is 7. The second-order valence-electron chi connectivity index (χ2n) is 8.57. The van der Waals surface area contributed by atoms with E-state index in [4.69, 9.17) is 25.8 Å². The molecule has 1 saturated heterocycles. The van der Waals surface area contributed by atoms with Gasteiger partial charge in [-0.1, -0.05) is 30.3 Å². The van der Waals surface area contributed by atoms with E-state index in [-0.39, 0.29) is 24.4 Å². The van der Waals surface area contributed by atoms with Crippen molar-refractivity contribution in [3.63, 3.8) is 0 Å². The van der Waals surface area contributed by atoms with Crippen LogP contribution in [-0.4, -0.2) is 35.2 Å². The number of fused-ring (bicyclic) bond motifs is 1. The van der Waals surface area contributed by atoms with E-state index in [9.17, 15) is 9.18 Å². The van der Waals surface area contributed by atoms with Crippen molar-refractivity contribution in [1.82, 2.24) is 9.97 Å². The number of benzene rings is 3. The summed E-state index contributed by atoms with van der Waals surface area (Å²) in [5.41, 5.74) is 2.44. The first kappa shape index (κ1) is 25.4. The highest BCUT2D eigenvalue weighted by atomic mass is 35.5. The van der Waals surface area contributed by atoms with E-state index in [0.29, 0.717) is 63.4 Å². The van der Waals surface area contributed by atoms with Gasteiger partial charge in [-0.25, -0.2) is 14.4 Å². The molecule has 0 radical (unpaired) electrons. The van der Waals surface area contributed by atoms with Gasteiger partial charge in [-0.15, -0.1) is 0 Å². The van der Waals surface area contributed by atoms with Crippen LogP contribution in [0, 0.1) is 5.82 Å². The SMILES string of the molecule is C=CC(=O)Nc1cc2c(Nc3ccc(OCc4cccc(F)c4)c(Cl)c3)ncnc2cc1O[C@H]1CCOC1. The molecule has 38 heavy (non-hydrogen) atoms. The molecule has 1 amide bonds. The van der Waals surface area contributed by atoms with Crippen LogP contribution in [0.1, 0.15) is 12.0 Å². The molecule has 1 fully saturated rings. The molecule has 10 heteroatoms. The lowest BCUT2D eigenvalue weighted by atomic mass is 10.1. The molecule has 1 aliphatic heterocycles. The zero-order valence-corrected chi connectivity index (χ0v) is 21.0. The van der Waals surface area contributed by atoms with Crippen molar-refractivity contribution in [3.8, 4) is 11.5 Å². The van der Waals surface area contributed by atoms with Gasteiger partial charge >= 0.3 is 0 Å². The van der Waals surface area contributed by atoms with Crippen molar-refractivity contribution in [2.75, 3.05) is 23.8 Å². The monoisotopic (exact) mass is 534 g/mol. The Morgan fingerprint density at radius 1 is 1.18 bits per heavy atom. The zero-order valence-electron chi connectivity index (χ0n) is 20.2. The topological polar surface area (TPSA) is 94.6 Å². The summed E-state index contributed by atoms with van der Waals surface area (Å²) >= 11 is 6.46. The highest BCUT2D eigenvalue weighted by molar-refractivity contribution is 6.32. The third-order valence-electron chi connectivity index (χ3n) is 5.84. The van der Waals surface area contributed by atoms with Crippen molar-refractivity contribution >= 4 is 45.6 Å². The molecular formula is C28H24ClFN4O4. The van der Waals surface area contributed by atoms with Crippen LogP contribution in [0.3, 0.4) is 0 Å². The van der Waals surface area contributed by atoms with E-state index >= 15 is 0 Å². The first-order valence-corrected chi connectivity index (χ1v) is 12.3. The number of anilines is 3. The van der Waals surface area contributed by atoms with Crippen molar-refractivity contribution in [2.45, 2.75) is 19.1 Å². The van der Waals surface area contributed by atoms with Crippen LogP contribution >= 0.6 is 11.6 Å². The molecule has 1 aromatic heterocycles. The molecule has 2 N–H and O–H groups in total. The minimum Gasteiger partial charge on any atom is -0.487 e. The summed E-state index contributed by atoms with van der Waals surface area (Å²) in [7, 11) is 0. The lowest BCUT2D eigenvalue weighted by Gasteiger charge is -2.17. The van der Waals surface area contributed by atoms with E-state index < -0.39 is 0 Å². The summed E-state index contributed by atoms with van der Waals surface area (Å²) in [5.74, 6) is 0.747. The summed E-state index contributed by atoms with van der Waals surface area (Å²) in [6.45, 7) is 4.81. The van der Waals surface area contributed by atoms with Gasteiger partial charge in [0.25, 0.3) is 0 Å². The number of carbonyl (C=O) groups is 1. The van der Waals surface area contributed by atoms with E-state index in [2.05, 4.69) is 27.2 Å². The van der Waals surface area contributed by atoms with Gasteiger partial charge in [0.05, 0.1) is 29.4 Å². The summed E-state index contributed by atoms with van der Waals surface area (Å²) in [4.78, 5) is 20.9. The van der Waals surface area contributed by atoms with Crippen molar-refractivity contribution in [1.29, 1.82) is 0 Å². The summed E-state index contributed by atoms with van der Waals surface area (Å²) in [6.07, 6.45) is 3.27. The average Bonchev–Trinajstić information content (AvgIpc) is 3.42. The molecule has 5 rings (SSSR count). The molecule has 3 aromatic carbocycles. The fourth-order valence-electron chi connectivity index (χ4n) is 3.97. The number of ether oxygens (including phenoxy) is 3. The molecule has 0 aliphatic carbocycles. The van der Waals surface area contributed by atoms with E-state index in [0.717, 1.165) is 6.42 Å². The number of hydrogen-bond donors (Lipinski definition) is 2. The van der Waals surface area contributed by atoms with Crippen LogP contribution in [0.4, 0.5) is 21.6 Å². The molecule has 0 saturated carbocycles. The molecule has 2 heterocycles. The number of nitrogens with zero attached hydrogens (tertiary/aromatic N) is 2. The van der Waals surface area contributed by atoms with E-state index in [1.54, 1.807) is 42.5 Å². The highest BCUT2D eigenvalue weighted by Gasteiger charge is 2.20. The molecule has 1 atom stereocenters. The predicted molar refractivity (Wildman–Crippen MR) is 144 cm³/mol. The lowest BCUT2D eigenvalue weighted by molar-refractivity contribution is -0.111. The Kier molecular flexibility index (Phi) is 7.67. The Labute approximate surface area is 223 Å². The average molecular weight is 535 g/mol. The van der Waals surface area contributed by atoms with Crippen LogP contribution < -0.4 is 20.1 Å². The Morgan fingerprint density at radius 2 is 2.08 bits per heavy atom. The molecule has 0 spiro atoms. The number of carbonyl (C=O) groups excluding carboxylic acids is 1. The number of halogens is 2. The molecule has 194 valence electrons. The maximum atomic E-state index is 13.4. The van der Waals surface area contributed by atoms with Crippen molar-refractivity contribution in [2.24, 2.45) is 0 Å². The molecule has 1 aliphatic rings. The normalized spacial score (nSPS) is 14.7. The van der Waals surface area contributed by atoms with Gasteiger partial charge in [0.1, 0.15) is 42.2 Å². The molecular weight excluding hydrogens is 511 g/mol. The van der Waals surface area contributed by atoms with Gasteiger partial charge in [0.2, 0.25) is 5.91 Å². The Hall–Kier alpha value is -4.21. The second kappa shape index (κ2) is 11.5. The fraction of sp³-hybridized carbons (Fsp3) is 0.179. The summed E-state index contributed by atoms with van der Waals surface area (Å²) in [6, 6.07) is 14.9. The molecule has 0 bridgehead atoms. The van der Waals surface area contributed by atoms with E-state index in [1.807, 2.05) is 0 Å². The lowest BCUT2D eigenvalue weighted by Crippen LogP contribution is -2.18.